The Morgan fingerprint density at radius 1 is 0.643 bits per heavy atom. The Kier molecular flexibility index (Phi) is 6.62. The third kappa shape index (κ3) is 6.17. The monoisotopic (exact) mass is 375 g/mol. The van der Waals surface area contributed by atoms with E-state index in [0.29, 0.717) is 23.7 Å². The lowest BCUT2D eigenvalue weighted by Gasteiger charge is -2.09. The molecule has 6 nitrogen and oxygen atoms in total. The summed E-state index contributed by atoms with van der Waals surface area (Å²) in [5.74, 6) is 0.595. The molecule has 0 atom stereocenters. The van der Waals surface area contributed by atoms with Gasteiger partial charge >= 0.3 is 6.03 Å². The maximum Gasteiger partial charge on any atom is 0.323 e. The quantitative estimate of drug-likeness (QED) is 0.558. The average molecular weight is 375 g/mol. The molecule has 0 spiro atoms. The van der Waals surface area contributed by atoms with Crippen LogP contribution in [0.25, 0.3) is 0 Å². The molecule has 0 aliphatic rings. The van der Waals surface area contributed by atoms with E-state index in [-0.39, 0.29) is 18.4 Å². The number of para-hydroxylation sites is 2. The molecular weight excluding hydrogens is 354 g/mol. The zero-order chi connectivity index (χ0) is 19.6. The fourth-order valence-electron chi connectivity index (χ4n) is 2.45. The number of urea groups is 1. The van der Waals surface area contributed by atoms with Gasteiger partial charge in [0.15, 0.2) is 0 Å². The molecule has 0 aromatic heterocycles. The van der Waals surface area contributed by atoms with Crippen molar-refractivity contribution in [2.45, 2.75) is 6.42 Å². The van der Waals surface area contributed by atoms with Gasteiger partial charge in [-0.2, -0.15) is 0 Å². The fraction of sp³-hybridized carbons (Fsp3) is 0.0909. The van der Waals surface area contributed by atoms with Crippen LogP contribution in [0.3, 0.4) is 0 Å². The molecule has 3 rings (SSSR count). The van der Waals surface area contributed by atoms with Crippen molar-refractivity contribution >= 4 is 29.0 Å². The van der Waals surface area contributed by atoms with E-state index >= 15 is 0 Å². The molecule has 0 fully saturated rings. The SMILES string of the molecule is O=C(CCOc1ccccc1)Nc1ccc(NC(=O)Nc2ccccc2)cc1. The highest BCUT2D eigenvalue weighted by Crippen LogP contribution is 2.15. The third-order valence-electron chi connectivity index (χ3n) is 3.80. The third-order valence-corrected chi connectivity index (χ3v) is 3.80. The summed E-state index contributed by atoms with van der Waals surface area (Å²) in [5, 5.41) is 8.28. The number of benzene rings is 3. The van der Waals surface area contributed by atoms with Crippen LogP contribution in [0.4, 0.5) is 21.9 Å². The molecule has 3 amide bonds. The van der Waals surface area contributed by atoms with Crippen LogP contribution in [0.5, 0.6) is 5.75 Å². The number of rotatable bonds is 7. The Hall–Kier alpha value is -3.80. The highest BCUT2D eigenvalue weighted by Gasteiger charge is 2.05. The van der Waals surface area contributed by atoms with Crippen molar-refractivity contribution < 1.29 is 14.3 Å². The van der Waals surface area contributed by atoms with Crippen molar-refractivity contribution in [3.63, 3.8) is 0 Å². The minimum Gasteiger partial charge on any atom is -0.493 e. The van der Waals surface area contributed by atoms with Gasteiger partial charge in [-0.15, -0.1) is 0 Å². The van der Waals surface area contributed by atoms with Gasteiger partial charge in [-0.3, -0.25) is 4.79 Å². The van der Waals surface area contributed by atoms with E-state index in [4.69, 9.17) is 4.74 Å². The summed E-state index contributed by atoms with van der Waals surface area (Å²) in [6, 6.07) is 25.1. The van der Waals surface area contributed by atoms with Crippen molar-refractivity contribution in [1.29, 1.82) is 0 Å². The number of hydrogen-bond acceptors (Lipinski definition) is 3. The van der Waals surface area contributed by atoms with Gasteiger partial charge in [-0.1, -0.05) is 36.4 Å². The molecule has 0 saturated heterocycles. The van der Waals surface area contributed by atoms with Crippen LogP contribution in [0.15, 0.2) is 84.9 Å². The molecule has 28 heavy (non-hydrogen) atoms. The van der Waals surface area contributed by atoms with Crippen LogP contribution in [0.1, 0.15) is 6.42 Å². The highest BCUT2D eigenvalue weighted by molar-refractivity contribution is 6.00. The number of hydrogen-bond donors (Lipinski definition) is 3. The maximum atomic E-state index is 12.0. The van der Waals surface area contributed by atoms with Crippen LogP contribution in [0.2, 0.25) is 0 Å². The first-order valence-electron chi connectivity index (χ1n) is 8.90. The summed E-state index contributed by atoms with van der Waals surface area (Å²) >= 11 is 0. The predicted molar refractivity (Wildman–Crippen MR) is 111 cm³/mol. The molecule has 142 valence electrons. The van der Waals surface area contributed by atoms with Gasteiger partial charge in [0.1, 0.15) is 5.75 Å². The van der Waals surface area contributed by atoms with Gasteiger partial charge in [-0.25, -0.2) is 4.79 Å². The lowest BCUT2D eigenvalue weighted by Crippen LogP contribution is -2.19. The zero-order valence-electron chi connectivity index (χ0n) is 15.2. The van der Waals surface area contributed by atoms with Crippen molar-refractivity contribution in [2.24, 2.45) is 0 Å². The lowest BCUT2D eigenvalue weighted by atomic mass is 10.2. The van der Waals surface area contributed by atoms with Crippen LogP contribution in [-0.2, 0) is 4.79 Å². The standard InChI is InChI=1S/C22H21N3O3/c26-21(15-16-28-20-9-5-2-6-10-20)23-18-11-13-19(14-12-18)25-22(27)24-17-7-3-1-4-8-17/h1-14H,15-16H2,(H,23,26)(H2,24,25,27). The van der Waals surface area contributed by atoms with Crippen LogP contribution in [-0.4, -0.2) is 18.5 Å². The van der Waals surface area contributed by atoms with Crippen molar-refractivity contribution in [1.82, 2.24) is 0 Å². The van der Waals surface area contributed by atoms with E-state index in [0.717, 1.165) is 5.75 Å². The zero-order valence-corrected chi connectivity index (χ0v) is 15.2. The fourth-order valence-corrected chi connectivity index (χ4v) is 2.45. The van der Waals surface area contributed by atoms with E-state index in [1.54, 1.807) is 36.4 Å². The molecular formula is C22H21N3O3. The average Bonchev–Trinajstić information content (AvgIpc) is 2.71. The van der Waals surface area contributed by atoms with Gasteiger partial charge in [0.05, 0.1) is 13.0 Å². The van der Waals surface area contributed by atoms with Gasteiger partial charge in [0.2, 0.25) is 5.91 Å². The molecule has 3 N–H and O–H groups in total. The van der Waals surface area contributed by atoms with E-state index in [1.807, 2.05) is 48.5 Å². The first kappa shape index (κ1) is 19.0. The van der Waals surface area contributed by atoms with Crippen LogP contribution < -0.4 is 20.7 Å². The summed E-state index contributed by atoms with van der Waals surface area (Å²) < 4.78 is 5.51. The number of carbonyl (C=O) groups is 2. The lowest BCUT2D eigenvalue weighted by molar-refractivity contribution is -0.116. The summed E-state index contributed by atoms with van der Waals surface area (Å²) in [6.45, 7) is 0.301. The molecule has 6 heteroatoms. The summed E-state index contributed by atoms with van der Waals surface area (Å²) in [7, 11) is 0. The van der Waals surface area contributed by atoms with E-state index in [2.05, 4.69) is 16.0 Å². The number of anilines is 3. The Bertz CT molecular complexity index is 897. The van der Waals surface area contributed by atoms with Gasteiger partial charge in [0, 0.05) is 17.1 Å². The molecule has 0 aliphatic carbocycles. The van der Waals surface area contributed by atoms with E-state index in [1.165, 1.54) is 0 Å². The van der Waals surface area contributed by atoms with Crippen molar-refractivity contribution in [3.05, 3.63) is 84.9 Å². The summed E-state index contributed by atoms with van der Waals surface area (Å²) in [4.78, 5) is 24.0. The molecule has 0 heterocycles. The molecule has 0 bridgehead atoms. The highest BCUT2D eigenvalue weighted by atomic mass is 16.5. The van der Waals surface area contributed by atoms with Crippen molar-refractivity contribution in [3.8, 4) is 5.75 Å². The summed E-state index contributed by atoms with van der Waals surface area (Å²) in [5.41, 5.74) is 1.99. The minimum atomic E-state index is -0.332. The van der Waals surface area contributed by atoms with E-state index < -0.39 is 0 Å². The first-order valence-corrected chi connectivity index (χ1v) is 8.90. The molecule has 0 unspecified atom stereocenters. The second-order valence-electron chi connectivity index (χ2n) is 5.98. The topological polar surface area (TPSA) is 79.5 Å². The molecule has 3 aromatic carbocycles. The molecule has 0 aliphatic heterocycles. The summed E-state index contributed by atoms with van der Waals surface area (Å²) in [6.07, 6.45) is 0.244. The first-order chi connectivity index (χ1) is 13.7. The number of nitrogens with one attached hydrogen (secondary N) is 3. The number of carbonyl (C=O) groups excluding carboxylic acids is 2. The maximum absolute atomic E-state index is 12.0. The van der Waals surface area contributed by atoms with Crippen LogP contribution in [0, 0.1) is 0 Å². The van der Waals surface area contributed by atoms with Crippen molar-refractivity contribution in [2.75, 3.05) is 22.6 Å². The van der Waals surface area contributed by atoms with Gasteiger partial charge in [-0.05, 0) is 48.5 Å². The largest absolute Gasteiger partial charge is 0.493 e. The Morgan fingerprint density at radius 2 is 1.14 bits per heavy atom. The minimum absolute atomic E-state index is 0.140. The molecule has 0 radical (unpaired) electrons. The Labute approximate surface area is 163 Å². The molecule has 3 aromatic rings. The smallest absolute Gasteiger partial charge is 0.323 e. The van der Waals surface area contributed by atoms with Gasteiger partial charge < -0.3 is 20.7 Å². The Morgan fingerprint density at radius 3 is 1.75 bits per heavy atom. The molecule has 0 saturated carbocycles. The second-order valence-corrected chi connectivity index (χ2v) is 5.98. The number of ether oxygens (including phenoxy) is 1. The predicted octanol–water partition coefficient (Wildman–Crippen LogP) is 4.74. The van der Waals surface area contributed by atoms with Gasteiger partial charge in [0.25, 0.3) is 0 Å². The van der Waals surface area contributed by atoms with E-state index in [9.17, 15) is 9.59 Å². The normalized spacial score (nSPS) is 10.0. The van der Waals surface area contributed by atoms with Crippen LogP contribution >= 0.6 is 0 Å². The number of amides is 3. The Balaban J connectivity index is 1.42. The second kappa shape index (κ2) is 9.78.